The summed E-state index contributed by atoms with van der Waals surface area (Å²) in [6, 6.07) is 0. The van der Waals surface area contributed by atoms with Crippen molar-refractivity contribution in [2.45, 2.75) is 29.3 Å². The molecule has 1 aliphatic carbocycles. The number of alkyl halides is 10. The first-order valence-electron chi connectivity index (χ1n) is 3.62. The molecular weight excluding hydrogens is 279 g/mol. The van der Waals surface area contributed by atoms with Crippen LogP contribution in [0.5, 0.6) is 0 Å². The fourth-order valence-electron chi connectivity index (χ4n) is 1.36. The monoisotopic (exact) mass is 280 g/mol. The standard InChI is InChI=1S/C6H2ClF9/c7-2-1(5(12,13)14)3(8,9)6(15,16)4(2,10)11/h1-2H/t1-,2+/m1/s1. The first-order chi connectivity index (χ1) is 6.78. The molecule has 2 atom stereocenters. The van der Waals surface area contributed by atoms with Gasteiger partial charge in [-0.2, -0.15) is 39.5 Å². The van der Waals surface area contributed by atoms with Gasteiger partial charge in [0.1, 0.15) is 11.3 Å². The highest BCUT2D eigenvalue weighted by molar-refractivity contribution is 6.22. The minimum absolute atomic E-state index is 3.71. The van der Waals surface area contributed by atoms with Crippen LogP contribution in [0.4, 0.5) is 39.5 Å². The molecular formula is C6H2ClF9. The summed E-state index contributed by atoms with van der Waals surface area (Å²) < 4.78 is 111. The van der Waals surface area contributed by atoms with E-state index in [9.17, 15) is 39.5 Å². The lowest BCUT2D eigenvalue weighted by atomic mass is 10.0. The van der Waals surface area contributed by atoms with E-state index < -0.39 is 35.2 Å². The van der Waals surface area contributed by atoms with Gasteiger partial charge in [-0.1, -0.05) is 0 Å². The van der Waals surface area contributed by atoms with Crippen LogP contribution in [0.25, 0.3) is 0 Å². The quantitative estimate of drug-likeness (QED) is 0.469. The number of rotatable bonds is 0. The SMILES string of the molecule is FC(F)(F)[C@@H]1[C@H](Cl)C(F)(F)C(F)(F)C1(F)F. The minimum Gasteiger partial charge on any atom is -0.199 e. The van der Waals surface area contributed by atoms with E-state index in [-0.39, 0.29) is 0 Å². The van der Waals surface area contributed by atoms with Crippen molar-refractivity contribution < 1.29 is 39.5 Å². The lowest BCUT2D eigenvalue weighted by Gasteiger charge is -2.25. The van der Waals surface area contributed by atoms with E-state index in [1.54, 1.807) is 0 Å². The van der Waals surface area contributed by atoms with E-state index in [1.165, 1.54) is 0 Å². The Kier molecular flexibility index (Phi) is 2.67. The molecule has 0 N–H and O–H groups in total. The third-order valence-corrected chi connectivity index (χ3v) is 2.75. The van der Waals surface area contributed by atoms with E-state index in [2.05, 4.69) is 11.6 Å². The van der Waals surface area contributed by atoms with Crippen LogP contribution in [0.15, 0.2) is 0 Å². The Balaban J connectivity index is 3.36. The molecule has 0 amide bonds. The predicted molar refractivity (Wildman–Crippen MR) is 34.0 cm³/mol. The first-order valence-corrected chi connectivity index (χ1v) is 4.05. The highest BCUT2D eigenvalue weighted by Crippen LogP contribution is 2.64. The zero-order chi connectivity index (χ0) is 13.2. The van der Waals surface area contributed by atoms with Crippen LogP contribution in [-0.4, -0.2) is 29.3 Å². The number of hydrogen-bond donors (Lipinski definition) is 0. The molecule has 10 heteroatoms. The van der Waals surface area contributed by atoms with Gasteiger partial charge in [0.25, 0.3) is 0 Å². The molecule has 0 nitrogen and oxygen atoms in total. The average Bonchev–Trinajstić information content (AvgIpc) is 2.06. The molecule has 1 rings (SSSR count). The Hall–Kier alpha value is -0.340. The third-order valence-electron chi connectivity index (χ3n) is 2.22. The molecule has 16 heavy (non-hydrogen) atoms. The Bertz CT molecular complexity index is 293. The van der Waals surface area contributed by atoms with Crippen LogP contribution in [0.3, 0.4) is 0 Å². The van der Waals surface area contributed by atoms with Crippen LogP contribution < -0.4 is 0 Å². The van der Waals surface area contributed by atoms with Crippen molar-refractivity contribution in [2.75, 3.05) is 0 Å². The molecule has 1 aliphatic rings. The molecule has 1 fully saturated rings. The van der Waals surface area contributed by atoms with Crippen molar-refractivity contribution in [1.29, 1.82) is 0 Å². The van der Waals surface area contributed by atoms with Gasteiger partial charge in [0.15, 0.2) is 0 Å². The van der Waals surface area contributed by atoms with Crippen LogP contribution in [0, 0.1) is 5.92 Å². The van der Waals surface area contributed by atoms with E-state index in [0.29, 0.717) is 0 Å². The summed E-state index contributed by atoms with van der Waals surface area (Å²) in [4.78, 5) is 0. The van der Waals surface area contributed by atoms with Gasteiger partial charge in [0, 0.05) is 0 Å². The van der Waals surface area contributed by atoms with Crippen molar-refractivity contribution in [3.63, 3.8) is 0 Å². The van der Waals surface area contributed by atoms with E-state index in [1.807, 2.05) is 0 Å². The van der Waals surface area contributed by atoms with Gasteiger partial charge in [-0.25, -0.2) is 0 Å². The lowest BCUT2D eigenvalue weighted by Crippen LogP contribution is -2.50. The summed E-state index contributed by atoms with van der Waals surface area (Å²) in [6.45, 7) is 0. The molecule has 0 aliphatic heterocycles. The second kappa shape index (κ2) is 3.11. The Morgan fingerprint density at radius 3 is 1.31 bits per heavy atom. The molecule has 0 unspecified atom stereocenters. The molecule has 0 aromatic carbocycles. The Morgan fingerprint density at radius 1 is 0.812 bits per heavy atom. The highest BCUT2D eigenvalue weighted by Gasteiger charge is 2.88. The summed E-state index contributed by atoms with van der Waals surface area (Å²) in [5.74, 6) is -22.0. The van der Waals surface area contributed by atoms with Crippen molar-refractivity contribution in [1.82, 2.24) is 0 Å². The average molecular weight is 281 g/mol. The lowest BCUT2D eigenvalue weighted by molar-refractivity contribution is -0.301. The third kappa shape index (κ3) is 1.39. The normalized spacial score (nSPS) is 36.4. The second-order valence-corrected chi connectivity index (χ2v) is 3.71. The van der Waals surface area contributed by atoms with Gasteiger partial charge in [-0.3, -0.25) is 0 Å². The summed E-state index contributed by atoms with van der Waals surface area (Å²) in [5.41, 5.74) is 0. The van der Waals surface area contributed by atoms with Crippen molar-refractivity contribution in [3.05, 3.63) is 0 Å². The predicted octanol–water partition coefficient (Wildman–Crippen LogP) is 3.69. The first kappa shape index (κ1) is 13.7. The van der Waals surface area contributed by atoms with Crippen LogP contribution in [-0.2, 0) is 0 Å². The van der Waals surface area contributed by atoms with Gasteiger partial charge in [0.2, 0.25) is 0 Å². The largest absolute Gasteiger partial charge is 0.399 e. The van der Waals surface area contributed by atoms with E-state index in [4.69, 9.17) is 0 Å². The van der Waals surface area contributed by atoms with Gasteiger partial charge in [-0.05, 0) is 0 Å². The molecule has 0 bridgehead atoms. The van der Waals surface area contributed by atoms with E-state index >= 15 is 0 Å². The van der Waals surface area contributed by atoms with Crippen molar-refractivity contribution in [3.8, 4) is 0 Å². The minimum atomic E-state index is -6.13. The summed E-state index contributed by atoms with van der Waals surface area (Å²) in [5, 5.41) is -3.71. The van der Waals surface area contributed by atoms with Gasteiger partial charge < -0.3 is 0 Å². The molecule has 0 spiro atoms. The van der Waals surface area contributed by atoms with E-state index in [0.717, 1.165) is 0 Å². The van der Waals surface area contributed by atoms with Crippen molar-refractivity contribution in [2.24, 2.45) is 5.92 Å². The molecule has 0 heterocycles. The molecule has 0 aromatic rings. The molecule has 0 radical (unpaired) electrons. The maximum atomic E-state index is 12.6. The second-order valence-electron chi connectivity index (χ2n) is 3.24. The number of hydrogen-bond acceptors (Lipinski definition) is 0. The fourth-order valence-corrected chi connectivity index (χ4v) is 1.79. The highest BCUT2D eigenvalue weighted by atomic mass is 35.5. The molecule has 0 aromatic heterocycles. The van der Waals surface area contributed by atoms with Gasteiger partial charge in [0.05, 0.1) is 0 Å². The van der Waals surface area contributed by atoms with Crippen molar-refractivity contribution >= 4 is 11.6 Å². The molecule has 1 saturated carbocycles. The fraction of sp³-hybridized carbons (Fsp3) is 1.00. The Morgan fingerprint density at radius 2 is 1.19 bits per heavy atom. The zero-order valence-electron chi connectivity index (χ0n) is 6.93. The zero-order valence-corrected chi connectivity index (χ0v) is 7.69. The number of halogens is 10. The topological polar surface area (TPSA) is 0 Å². The van der Waals surface area contributed by atoms with Crippen LogP contribution >= 0.6 is 11.6 Å². The van der Waals surface area contributed by atoms with Crippen LogP contribution in [0.1, 0.15) is 0 Å². The molecule has 96 valence electrons. The molecule has 0 saturated heterocycles. The van der Waals surface area contributed by atoms with Gasteiger partial charge in [-0.15, -0.1) is 11.6 Å². The maximum Gasteiger partial charge on any atom is 0.399 e. The Labute approximate surface area is 87.4 Å². The summed E-state index contributed by atoms with van der Waals surface area (Å²) in [7, 11) is 0. The van der Waals surface area contributed by atoms with Gasteiger partial charge >= 0.3 is 23.9 Å². The smallest absolute Gasteiger partial charge is 0.199 e. The summed E-state index contributed by atoms with van der Waals surface area (Å²) >= 11 is 4.39. The van der Waals surface area contributed by atoms with Crippen LogP contribution in [0.2, 0.25) is 0 Å². The maximum absolute atomic E-state index is 12.6. The summed E-state index contributed by atoms with van der Waals surface area (Å²) in [6.07, 6.45) is -5.95.